The van der Waals surface area contributed by atoms with Crippen LogP contribution in [0.2, 0.25) is 5.28 Å². The zero-order valence-electron chi connectivity index (χ0n) is 17.2. The Morgan fingerprint density at radius 2 is 1.94 bits per heavy atom. The lowest BCUT2D eigenvalue weighted by molar-refractivity contribution is -0.0387. The van der Waals surface area contributed by atoms with Gasteiger partial charge in [0.1, 0.15) is 41.8 Å². The van der Waals surface area contributed by atoms with Crippen molar-refractivity contribution in [1.29, 1.82) is 0 Å². The summed E-state index contributed by atoms with van der Waals surface area (Å²) in [6.07, 6.45) is 0.147. The highest BCUT2D eigenvalue weighted by atomic mass is 35.5. The first kappa shape index (κ1) is 22.5. The summed E-state index contributed by atoms with van der Waals surface area (Å²) in [6, 6.07) is 0. The number of aromatic nitrogens is 3. The second kappa shape index (κ2) is 8.48. The van der Waals surface area contributed by atoms with Crippen molar-refractivity contribution >= 4 is 36.0 Å². The molecular weight excluding hydrogens is 463 g/mol. The van der Waals surface area contributed by atoms with Crippen molar-refractivity contribution in [2.75, 3.05) is 30.9 Å². The van der Waals surface area contributed by atoms with E-state index in [1.54, 1.807) is 6.20 Å². The normalized spacial score (nSPS) is 32.8. The average Bonchev–Trinajstić information content (AvgIpc) is 3.46. The first-order valence-electron chi connectivity index (χ1n) is 10.6. The van der Waals surface area contributed by atoms with Gasteiger partial charge in [-0.3, -0.25) is 4.57 Å². The number of aromatic amines is 1. The number of nitrogens with zero attached hydrogens (tertiary/aromatic N) is 3. The fraction of sp³-hybridized carbons (Fsp3) is 0.684. The molecule has 2 unspecified atom stereocenters. The van der Waals surface area contributed by atoms with Crippen LogP contribution >= 0.6 is 19.2 Å². The molecule has 32 heavy (non-hydrogen) atoms. The number of aliphatic hydroxyl groups is 2. The molecular formula is C19H26ClN4O7P. The Hall–Kier alpha value is -1.30. The van der Waals surface area contributed by atoms with E-state index >= 15 is 0 Å². The zero-order chi connectivity index (χ0) is 22.6. The predicted molar refractivity (Wildman–Crippen MR) is 114 cm³/mol. The van der Waals surface area contributed by atoms with E-state index in [1.165, 1.54) is 19.3 Å². The molecule has 3 fully saturated rings. The van der Waals surface area contributed by atoms with Crippen LogP contribution in [-0.2, 0) is 14.0 Å². The van der Waals surface area contributed by atoms with Crippen LogP contribution in [0.15, 0.2) is 6.20 Å². The van der Waals surface area contributed by atoms with Gasteiger partial charge in [0.15, 0.2) is 5.82 Å². The van der Waals surface area contributed by atoms with Gasteiger partial charge in [0, 0.05) is 24.8 Å². The predicted octanol–water partition coefficient (Wildman–Crippen LogP) is 1.16. The molecule has 2 aromatic rings. The first-order chi connectivity index (χ1) is 15.2. The summed E-state index contributed by atoms with van der Waals surface area (Å²) in [5.74, 6) is 2.05. The first-order valence-corrected chi connectivity index (χ1v) is 12.8. The number of aliphatic hydroxyl groups excluding tert-OH is 2. The zero-order valence-corrected chi connectivity index (χ0v) is 18.8. The Kier molecular flexibility index (Phi) is 5.96. The van der Waals surface area contributed by atoms with Gasteiger partial charge in [-0.2, -0.15) is 4.98 Å². The molecule has 0 amide bonds. The summed E-state index contributed by atoms with van der Waals surface area (Å²) >= 11 is 6.25. The standard InChI is InChI=1S/C19H26ClN4O7P/c20-19-22-13-11(17-16(26)15(25)12(31-17)7-30-8-32(27,28)29)4-21-14(13)18(23-19)24-5-9-2-1-3-10(9)6-24/h4,9-10,12,15-17,21,25-26H,1-3,5-8H2,(H2,27,28,29)/t9?,10?,12-,15-,16-,17-/m1/s1. The Morgan fingerprint density at radius 1 is 1.22 bits per heavy atom. The summed E-state index contributed by atoms with van der Waals surface area (Å²) in [4.78, 5) is 32.1. The van der Waals surface area contributed by atoms with Crippen molar-refractivity contribution in [3.8, 4) is 0 Å². The topological polar surface area (TPSA) is 161 Å². The smallest absolute Gasteiger partial charge is 0.350 e. The van der Waals surface area contributed by atoms with Crippen molar-refractivity contribution in [3.05, 3.63) is 17.0 Å². The van der Waals surface area contributed by atoms with E-state index in [2.05, 4.69) is 19.9 Å². The van der Waals surface area contributed by atoms with Gasteiger partial charge in [-0.25, -0.2) is 4.98 Å². The number of rotatable bonds is 6. The van der Waals surface area contributed by atoms with Gasteiger partial charge >= 0.3 is 7.60 Å². The summed E-state index contributed by atoms with van der Waals surface area (Å²) in [5.41, 5.74) is 1.72. The van der Waals surface area contributed by atoms with E-state index in [4.69, 9.17) is 30.9 Å². The van der Waals surface area contributed by atoms with Crippen molar-refractivity contribution in [3.63, 3.8) is 0 Å². The molecule has 176 valence electrons. The second-order valence-electron chi connectivity index (χ2n) is 8.88. The molecule has 3 aliphatic rings. The van der Waals surface area contributed by atoms with Crippen LogP contribution in [0.3, 0.4) is 0 Å². The monoisotopic (exact) mass is 488 g/mol. The van der Waals surface area contributed by atoms with Gasteiger partial charge in [-0.1, -0.05) is 6.42 Å². The summed E-state index contributed by atoms with van der Waals surface area (Å²) in [6.45, 7) is 1.56. The molecule has 0 spiro atoms. The molecule has 0 bridgehead atoms. The average molecular weight is 489 g/mol. The third-order valence-electron chi connectivity index (χ3n) is 6.74. The van der Waals surface area contributed by atoms with E-state index in [-0.39, 0.29) is 11.9 Å². The molecule has 11 nitrogen and oxygen atoms in total. The highest BCUT2D eigenvalue weighted by molar-refractivity contribution is 7.51. The van der Waals surface area contributed by atoms with Crippen LogP contribution in [0, 0.1) is 11.8 Å². The Labute approximate surface area is 188 Å². The van der Waals surface area contributed by atoms with E-state index in [9.17, 15) is 14.8 Å². The summed E-state index contributed by atoms with van der Waals surface area (Å²) in [7, 11) is -4.35. The quantitative estimate of drug-likeness (QED) is 0.294. The lowest BCUT2D eigenvalue weighted by Crippen LogP contribution is -2.33. The molecule has 6 atom stereocenters. The lowest BCUT2D eigenvalue weighted by atomic mass is 10.0. The largest absolute Gasteiger partial charge is 0.387 e. The van der Waals surface area contributed by atoms with Crippen molar-refractivity contribution < 1.29 is 34.0 Å². The molecule has 5 N–H and O–H groups in total. The van der Waals surface area contributed by atoms with Gasteiger partial charge in [-0.15, -0.1) is 0 Å². The maximum atomic E-state index is 11.0. The van der Waals surface area contributed by atoms with Gasteiger partial charge in [0.25, 0.3) is 0 Å². The summed E-state index contributed by atoms with van der Waals surface area (Å²) in [5, 5.41) is 21.1. The Balaban J connectivity index is 1.39. The van der Waals surface area contributed by atoms with Gasteiger partial charge in [0.2, 0.25) is 5.28 Å². The number of halogens is 1. The van der Waals surface area contributed by atoms with Crippen LogP contribution in [0.5, 0.6) is 0 Å². The van der Waals surface area contributed by atoms with Gasteiger partial charge in [0.05, 0.1) is 6.61 Å². The molecule has 1 aliphatic carbocycles. The minimum absolute atomic E-state index is 0.0833. The van der Waals surface area contributed by atoms with Crippen LogP contribution in [0.1, 0.15) is 30.9 Å². The number of H-pyrrole nitrogens is 1. The third-order valence-corrected chi connectivity index (χ3v) is 7.43. The molecule has 5 rings (SSSR count). The number of hydrogen-bond donors (Lipinski definition) is 5. The van der Waals surface area contributed by atoms with Crippen LogP contribution < -0.4 is 4.90 Å². The number of fused-ring (bicyclic) bond motifs is 2. The van der Waals surface area contributed by atoms with Crippen molar-refractivity contribution in [1.82, 2.24) is 15.0 Å². The molecule has 0 radical (unpaired) electrons. The van der Waals surface area contributed by atoms with Gasteiger partial charge < -0.3 is 39.4 Å². The fourth-order valence-corrected chi connectivity index (χ4v) is 5.78. The van der Waals surface area contributed by atoms with Crippen LogP contribution in [-0.4, -0.2) is 79.3 Å². The molecule has 2 aromatic heterocycles. The minimum atomic E-state index is -4.35. The maximum absolute atomic E-state index is 11.0. The highest BCUT2D eigenvalue weighted by Gasteiger charge is 2.45. The fourth-order valence-electron chi connectivity index (χ4n) is 5.27. The van der Waals surface area contributed by atoms with E-state index in [0.717, 1.165) is 18.9 Å². The molecule has 2 saturated heterocycles. The second-order valence-corrected chi connectivity index (χ2v) is 10.8. The SMILES string of the molecule is O=P(O)(O)COC[C@H]1O[C@H](c2c[nH]c3c(N4CC5CCCC5C4)nc(Cl)nc23)[C@H](O)[C@@H]1O. The molecule has 4 heterocycles. The van der Waals surface area contributed by atoms with E-state index in [0.29, 0.717) is 28.4 Å². The van der Waals surface area contributed by atoms with Crippen LogP contribution in [0.4, 0.5) is 5.82 Å². The summed E-state index contributed by atoms with van der Waals surface area (Å²) < 4.78 is 21.7. The lowest BCUT2D eigenvalue weighted by Gasteiger charge is -2.19. The Morgan fingerprint density at radius 3 is 2.62 bits per heavy atom. The van der Waals surface area contributed by atoms with Crippen LogP contribution in [0.25, 0.3) is 11.0 Å². The minimum Gasteiger partial charge on any atom is -0.387 e. The molecule has 0 aromatic carbocycles. The highest BCUT2D eigenvalue weighted by Crippen LogP contribution is 2.43. The number of ether oxygens (including phenoxy) is 2. The van der Waals surface area contributed by atoms with Crippen molar-refractivity contribution in [2.45, 2.75) is 43.7 Å². The van der Waals surface area contributed by atoms with E-state index < -0.39 is 38.4 Å². The molecule has 13 heteroatoms. The number of hydrogen-bond acceptors (Lipinski definition) is 8. The Bertz CT molecular complexity index is 1040. The number of nitrogens with one attached hydrogen (secondary N) is 1. The van der Waals surface area contributed by atoms with Gasteiger partial charge in [-0.05, 0) is 36.3 Å². The number of anilines is 1. The van der Waals surface area contributed by atoms with E-state index in [1.807, 2.05) is 0 Å². The maximum Gasteiger partial charge on any atom is 0.350 e. The molecule has 1 saturated carbocycles. The third kappa shape index (κ3) is 4.17. The van der Waals surface area contributed by atoms with Crippen molar-refractivity contribution in [2.24, 2.45) is 11.8 Å². The molecule has 2 aliphatic heterocycles.